The van der Waals surface area contributed by atoms with E-state index in [1.165, 1.54) is 0 Å². The molecule has 126 valence electrons. The molecule has 0 saturated carbocycles. The molecule has 1 aliphatic heterocycles. The standard InChI is InChI=1S/C17H14BrN5OS/c1-10-7-8-12(9-13(10)18)20-21-15-14(11-5-3-2-4-6-11)22-23(16(15)24)17(19)25/h2-9,20H,1H3,(H2,19,25)/b21-15+. The molecule has 8 heteroatoms. The van der Waals surface area contributed by atoms with E-state index < -0.39 is 5.91 Å². The van der Waals surface area contributed by atoms with Crippen molar-refractivity contribution in [2.45, 2.75) is 6.92 Å². The highest BCUT2D eigenvalue weighted by Crippen LogP contribution is 2.21. The summed E-state index contributed by atoms with van der Waals surface area (Å²) in [5, 5.41) is 9.31. The highest BCUT2D eigenvalue weighted by Gasteiger charge is 2.34. The number of thiocarbonyl (C=S) groups is 1. The number of nitrogens with one attached hydrogen (secondary N) is 1. The molecule has 0 fully saturated rings. The summed E-state index contributed by atoms with van der Waals surface area (Å²) < 4.78 is 0.942. The maximum Gasteiger partial charge on any atom is 0.303 e. The molecule has 2 aromatic rings. The molecule has 0 atom stereocenters. The lowest BCUT2D eigenvalue weighted by atomic mass is 10.1. The zero-order valence-electron chi connectivity index (χ0n) is 13.2. The van der Waals surface area contributed by atoms with Crippen LogP contribution < -0.4 is 11.2 Å². The number of anilines is 1. The summed E-state index contributed by atoms with van der Waals surface area (Å²) in [7, 11) is 0. The van der Waals surface area contributed by atoms with Gasteiger partial charge in [-0.05, 0) is 36.8 Å². The van der Waals surface area contributed by atoms with Gasteiger partial charge in [0.2, 0.25) is 0 Å². The Morgan fingerprint density at radius 3 is 2.64 bits per heavy atom. The van der Waals surface area contributed by atoms with Crippen LogP contribution >= 0.6 is 28.1 Å². The van der Waals surface area contributed by atoms with Gasteiger partial charge in [-0.15, -0.1) is 0 Å². The Balaban J connectivity index is 1.96. The number of nitrogens with zero attached hydrogens (tertiary/aromatic N) is 3. The van der Waals surface area contributed by atoms with Gasteiger partial charge in [0.15, 0.2) is 10.8 Å². The quantitative estimate of drug-likeness (QED) is 0.595. The van der Waals surface area contributed by atoms with E-state index in [0.717, 1.165) is 26.3 Å². The van der Waals surface area contributed by atoms with Crippen LogP contribution in [0, 0.1) is 6.92 Å². The number of halogens is 1. The summed E-state index contributed by atoms with van der Waals surface area (Å²) in [5.41, 5.74) is 11.6. The van der Waals surface area contributed by atoms with Gasteiger partial charge in [0, 0.05) is 10.0 Å². The third kappa shape index (κ3) is 3.59. The molecule has 3 rings (SSSR count). The van der Waals surface area contributed by atoms with E-state index in [1.807, 2.05) is 55.5 Å². The molecule has 1 amide bonds. The SMILES string of the molecule is Cc1ccc(N/N=C2/C(=O)N(C(N)=S)N=C2c2ccccc2)cc1Br. The van der Waals surface area contributed by atoms with Crippen LogP contribution in [0.15, 0.2) is 63.2 Å². The van der Waals surface area contributed by atoms with Crippen LogP contribution in [0.5, 0.6) is 0 Å². The van der Waals surface area contributed by atoms with Gasteiger partial charge in [-0.2, -0.15) is 15.2 Å². The minimum Gasteiger partial charge on any atom is -0.374 e. The van der Waals surface area contributed by atoms with Gasteiger partial charge in [0.1, 0.15) is 5.71 Å². The molecule has 1 aliphatic rings. The fourth-order valence-electron chi connectivity index (χ4n) is 2.22. The Hall–Kier alpha value is -2.58. The van der Waals surface area contributed by atoms with Gasteiger partial charge in [-0.3, -0.25) is 10.2 Å². The van der Waals surface area contributed by atoms with Crippen LogP contribution in [0.25, 0.3) is 0 Å². The van der Waals surface area contributed by atoms with Crippen molar-refractivity contribution in [2.75, 3.05) is 5.43 Å². The van der Waals surface area contributed by atoms with E-state index in [0.29, 0.717) is 5.71 Å². The highest BCUT2D eigenvalue weighted by molar-refractivity contribution is 9.10. The van der Waals surface area contributed by atoms with Crippen LogP contribution in [0.2, 0.25) is 0 Å². The van der Waals surface area contributed by atoms with Crippen LogP contribution in [0.1, 0.15) is 11.1 Å². The molecule has 0 radical (unpaired) electrons. The number of rotatable bonds is 3. The maximum atomic E-state index is 12.5. The van der Waals surface area contributed by atoms with Gasteiger partial charge >= 0.3 is 5.91 Å². The van der Waals surface area contributed by atoms with E-state index in [-0.39, 0.29) is 10.8 Å². The normalized spacial score (nSPS) is 15.4. The van der Waals surface area contributed by atoms with E-state index in [9.17, 15) is 4.79 Å². The Kier molecular flexibility index (Phi) is 4.91. The van der Waals surface area contributed by atoms with Gasteiger partial charge < -0.3 is 5.73 Å². The van der Waals surface area contributed by atoms with Crippen molar-refractivity contribution in [3.63, 3.8) is 0 Å². The first-order valence-corrected chi connectivity index (χ1v) is 8.55. The fraction of sp³-hybridized carbons (Fsp3) is 0.0588. The topological polar surface area (TPSA) is 83.1 Å². The number of hydrogen-bond acceptors (Lipinski definition) is 5. The first-order valence-electron chi connectivity index (χ1n) is 7.35. The monoisotopic (exact) mass is 415 g/mol. The maximum absolute atomic E-state index is 12.5. The summed E-state index contributed by atoms with van der Waals surface area (Å²) >= 11 is 8.36. The third-order valence-electron chi connectivity index (χ3n) is 3.54. The van der Waals surface area contributed by atoms with Gasteiger partial charge in [0.25, 0.3) is 0 Å². The molecular formula is C17H14BrN5OS. The van der Waals surface area contributed by atoms with Gasteiger partial charge in [0.05, 0.1) is 5.69 Å². The Bertz CT molecular complexity index is 911. The third-order valence-corrected chi connectivity index (χ3v) is 4.57. The zero-order valence-corrected chi connectivity index (χ0v) is 15.6. The Labute approximate surface area is 158 Å². The molecular weight excluding hydrogens is 402 g/mol. The molecule has 2 aromatic carbocycles. The Morgan fingerprint density at radius 1 is 1.28 bits per heavy atom. The summed E-state index contributed by atoms with van der Waals surface area (Å²) in [5.74, 6) is -0.468. The predicted octanol–water partition coefficient (Wildman–Crippen LogP) is 3.02. The lowest BCUT2D eigenvalue weighted by Crippen LogP contribution is -2.36. The average molecular weight is 416 g/mol. The number of amides is 1. The number of carbonyl (C=O) groups is 1. The minimum atomic E-state index is -0.468. The van der Waals surface area contributed by atoms with E-state index >= 15 is 0 Å². The van der Waals surface area contributed by atoms with Crippen molar-refractivity contribution >= 4 is 56.3 Å². The lowest BCUT2D eigenvalue weighted by Gasteiger charge is -2.07. The molecule has 0 aromatic heterocycles. The lowest BCUT2D eigenvalue weighted by molar-refractivity contribution is -0.119. The molecule has 0 saturated heterocycles. The number of hydrazone groups is 2. The average Bonchev–Trinajstić information content (AvgIpc) is 2.93. The summed E-state index contributed by atoms with van der Waals surface area (Å²) in [6.45, 7) is 1.99. The number of hydrogen-bond donors (Lipinski definition) is 2. The van der Waals surface area contributed by atoms with Crippen molar-refractivity contribution < 1.29 is 4.79 Å². The second-order valence-corrected chi connectivity index (χ2v) is 6.58. The Morgan fingerprint density at radius 2 is 2.00 bits per heavy atom. The van der Waals surface area contributed by atoms with Crippen LogP contribution in [-0.4, -0.2) is 27.5 Å². The molecule has 6 nitrogen and oxygen atoms in total. The minimum absolute atomic E-state index is 0.123. The van der Waals surface area contributed by atoms with Crippen molar-refractivity contribution in [3.8, 4) is 0 Å². The summed E-state index contributed by atoms with van der Waals surface area (Å²) in [6.07, 6.45) is 0. The van der Waals surface area contributed by atoms with Crippen molar-refractivity contribution in [2.24, 2.45) is 15.9 Å². The van der Waals surface area contributed by atoms with Crippen LogP contribution in [-0.2, 0) is 4.79 Å². The predicted molar refractivity (Wildman–Crippen MR) is 107 cm³/mol. The highest BCUT2D eigenvalue weighted by atomic mass is 79.9. The van der Waals surface area contributed by atoms with Crippen molar-refractivity contribution in [1.29, 1.82) is 0 Å². The molecule has 0 unspecified atom stereocenters. The van der Waals surface area contributed by atoms with Gasteiger partial charge in [-0.1, -0.05) is 52.3 Å². The summed E-state index contributed by atoms with van der Waals surface area (Å²) in [6, 6.07) is 15.0. The first kappa shape index (κ1) is 17.2. The van der Waals surface area contributed by atoms with Crippen molar-refractivity contribution in [1.82, 2.24) is 5.01 Å². The van der Waals surface area contributed by atoms with E-state index in [2.05, 4.69) is 31.6 Å². The van der Waals surface area contributed by atoms with E-state index in [4.69, 9.17) is 18.0 Å². The molecule has 1 heterocycles. The number of benzene rings is 2. The number of nitrogens with two attached hydrogens (primary N) is 1. The molecule has 0 spiro atoms. The number of carbonyl (C=O) groups excluding carboxylic acids is 1. The molecule has 0 bridgehead atoms. The summed E-state index contributed by atoms with van der Waals surface area (Å²) in [4.78, 5) is 12.5. The van der Waals surface area contributed by atoms with Crippen LogP contribution in [0.4, 0.5) is 5.69 Å². The second-order valence-electron chi connectivity index (χ2n) is 5.31. The molecule has 3 N–H and O–H groups in total. The van der Waals surface area contributed by atoms with Crippen molar-refractivity contribution in [3.05, 3.63) is 64.1 Å². The van der Waals surface area contributed by atoms with E-state index in [1.54, 1.807) is 0 Å². The largest absolute Gasteiger partial charge is 0.374 e. The second kappa shape index (κ2) is 7.12. The molecule has 25 heavy (non-hydrogen) atoms. The van der Waals surface area contributed by atoms with Crippen LogP contribution in [0.3, 0.4) is 0 Å². The van der Waals surface area contributed by atoms with Gasteiger partial charge in [-0.25, -0.2) is 0 Å². The first-order chi connectivity index (χ1) is 12.0. The molecule has 0 aliphatic carbocycles. The fourth-order valence-corrected chi connectivity index (χ4v) is 2.72. The smallest absolute Gasteiger partial charge is 0.303 e. The number of aryl methyl sites for hydroxylation is 1. The zero-order chi connectivity index (χ0) is 18.0.